The van der Waals surface area contributed by atoms with Crippen molar-refractivity contribution in [2.24, 2.45) is 5.73 Å². The molecular weight excluding hydrogens is 255 g/mol. The summed E-state index contributed by atoms with van der Waals surface area (Å²) < 4.78 is 0. The van der Waals surface area contributed by atoms with Crippen molar-refractivity contribution in [3.8, 4) is 0 Å². The molecule has 0 aliphatic rings. The van der Waals surface area contributed by atoms with Crippen LogP contribution in [0.5, 0.6) is 0 Å². The van der Waals surface area contributed by atoms with Crippen LogP contribution in [0.25, 0.3) is 10.9 Å². The van der Waals surface area contributed by atoms with Crippen LogP contribution in [0.4, 0.5) is 0 Å². The third kappa shape index (κ3) is 2.19. The number of hydrogen-bond acceptors (Lipinski definition) is 2. The zero-order valence-corrected chi connectivity index (χ0v) is 10.6. The minimum atomic E-state index is -0.471. The van der Waals surface area contributed by atoms with Gasteiger partial charge in [-0.2, -0.15) is 6.20 Å². The molecule has 0 bridgehead atoms. The van der Waals surface area contributed by atoms with E-state index in [9.17, 15) is 4.79 Å². The number of carbonyl (C=O) groups excluding carboxylic acids is 1. The standard InChI is InChI=1S/C8H7N3O.CH3.Y/c9-8(12)6-3-1-2-5-4-10-11-7(5)6;;/h1-4H,(H3,9,10,11,12);1H3;/q;-1;/p-1. The Kier molecular flexibility index (Phi) is 4.95. The Balaban J connectivity index is 0.000000845. The molecule has 0 saturated heterocycles. The van der Waals surface area contributed by atoms with Crippen molar-refractivity contribution >= 4 is 16.8 Å². The van der Waals surface area contributed by atoms with Gasteiger partial charge in [0.25, 0.3) is 5.91 Å². The molecule has 2 rings (SSSR count). The first-order valence-electron chi connectivity index (χ1n) is 3.46. The molecule has 1 radical (unpaired) electrons. The number of primary amides is 1. The molecule has 1 heterocycles. The van der Waals surface area contributed by atoms with E-state index in [1.807, 2.05) is 6.07 Å². The number of amides is 1. The first-order valence-corrected chi connectivity index (χ1v) is 3.46. The maximum atomic E-state index is 10.9. The van der Waals surface area contributed by atoms with Crippen molar-refractivity contribution in [2.45, 2.75) is 0 Å². The van der Waals surface area contributed by atoms with Crippen LogP contribution in [0.1, 0.15) is 10.4 Å². The van der Waals surface area contributed by atoms with E-state index in [1.165, 1.54) is 0 Å². The van der Waals surface area contributed by atoms with Crippen LogP contribution in [0.15, 0.2) is 24.4 Å². The van der Waals surface area contributed by atoms with E-state index in [2.05, 4.69) is 10.2 Å². The molecule has 0 fully saturated rings. The number of benzene rings is 1. The molecule has 0 spiro atoms. The molecule has 0 aliphatic heterocycles. The Bertz CT molecular complexity index is 438. The molecule has 1 amide bonds. The monoisotopic (exact) mass is 264 g/mol. The summed E-state index contributed by atoms with van der Waals surface area (Å²) in [6.45, 7) is 0. The van der Waals surface area contributed by atoms with Crippen LogP contribution >= 0.6 is 0 Å². The fourth-order valence-electron chi connectivity index (χ4n) is 1.12. The van der Waals surface area contributed by atoms with Gasteiger partial charge in [-0.3, -0.25) is 4.79 Å². The Morgan fingerprint density at radius 3 is 2.79 bits per heavy atom. The predicted molar refractivity (Wildman–Crippen MR) is 50.0 cm³/mol. The first-order chi connectivity index (χ1) is 5.79. The van der Waals surface area contributed by atoms with Gasteiger partial charge in [-0.15, -0.1) is 0 Å². The van der Waals surface area contributed by atoms with Crippen molar-refractivity contribution in [3.05, 3.63) is 37.4 Å². The van der Waals surface area contributed by atoms with Gasteiger partial charge in [-0.05, 0) is 11.5 Å². The van der Waals surface area contributed by atoms with Crippen molar-refractivity contribution in [3.63, 3.8) is 0 Å². The summed E-state index contributed by atoms with van der Waals surface area (Å²) in [7, 11) is 0. The summed E-state index contributed by atoms with van der Waals surface area (Å²) >= 11 is 0. The van der Waals surface area contributed by atoms with Gasteiger partial charge >= 0.3 is 0 Å². The Hall–Kier alpha value is -0.736. The van der Waals surface area contributed by atoms with Gasteiger partial charge in [-0.25, -0.2) is 0 Å². The molecular formula is C9H9N3OY-2. The van der Waals surface area contributed by atoms with Crippen LogP contribution < -0.4 is 10.8 Å². The second kappa shape index (κ2) is 5.22. The van der Waals surface area contributed by atoms with Crippen molar-refractivity contribution < 1.29 is 37.5 Å². The topological polar surface area (TPSA) is 70.1 Å². The average molecular weight is 264 g/mol. The number of carbonyl (C=O) groups is 1. The van der Waals surface area contributed by atoms with E-state index in [4.69, 9.17) is 5.73 Å². The van der Waals surface area contributed by atoms with Gasteiger partial charge in [0.2, 0.25) is 0 Å². The van der Waals surface area contributed by atoms with Gasteiger partial charge in [0.05, 0.1) is 11.1 Å². The smallest absolute Gasteiger partial charge is 0.250 e. The molecule has 2 aromatic rings. The van der Waals surface area contributed by atoms with E-state index in [-0.39, 0.29) is 40.1 Å². The van der Waals surface area contributed by atoms with E-state index in [0.717, 1.165) is 5.39 Å². The van der Waals surface area contributed by atoms with Crippen LogP contribution in [0.2, 0.25) is 0 Å². The number of aromatic nitrogens is 2. The molecule has 71 valence electrons. The molecule has 4 nitrogen and oxygen atoms in total. The second-order valence-corrected chi connectivity index (χ2v) is 2.45. The van der Waals surface area contributed by atoms with Crippen LogP contribution in [-0.4, -0.2) is 11.0 Å². The number of rotatable bonds is 1. The molecule has 0 atom stereocenters. The molecule has 0 unspecified atom stereocenters. The van der Waals surface area contributed by atoms with E-state index >= 15 is 0 Å². The summed E-state index contributed by atoms with van der Waals surface area (Å²) in [5.41, 5.74) is 6.13. The van der Waals surface area contributed by atoms with Gasteiger partial charge in [0.15, 0.2) is 0 Å². The predicted octanol–water partition coefficient (Wildman–Crippen LogP) is 0.739. The number of fused-ring (bicyclic) bond motifs is 1. The molecule has 14 heavy (non-hydrogen) atoms. The fourth-order valence-corrected chi connectivity index (χ4v) is 1.12. The van der Waals surface area contributed by atoms with Crippen molar-refractivity contribution in [2.75, 3.05) is 0 Å². The summed E-state index contributed by atoms with van der Waals surface area (Å²) in [5, 5.41) is 8.31. The van der Waals surface area contributed by atoms with Gasteiger partial charge in [0.1, 0.15) is 0 Å². The zero-order valence-electron chi connectivity index (χ0n) is 7.77. The third-order valence-electron chi connectivity index (χ3n) is 1.69. The van der Waals surface area contributed by atoms with Crippen LogP contribution in [0.3, 0.4) is 0 Å². The van der Waals surface area contributed by atoms with Crippen LogP contribution in [-0.2, 0) is 32.7 Å². The molecule has 5 heteroatoms. The Labute approximate surface area is 107 Å². The Morgan fingerprint density at radius 1 is 1.43 bits per heavy atom. The fraction of sp³-hybridized carbons (Fsp3) is 0. The van der Waals surface area contributed by atoms with Gasteiger partial charge in [-0.1, -0.05) is 12.1 Å². The van der Waals surface area contributed by atoms with Gasteiger partial charge < -0.3 is 23.4 Å². The number of nitrogens with two attached hydrogens (primary N) is 1. The van der Waals surface area contributed by atoms with Crippen molar-refractivity contribution in [1.29, 1.82) is 0 Å². The van der Waals surface area contributed by atoms with Gasteiger partial charge in [0, 0.05) is 32.7 Å². The minimum Gasteiger partial charge on any atom is -0.581 e. The largest absolute Gasteiger partial charge is 0.581 e. The SMILES string of the molecule is NC(=O)c1cccc2c[n-]nc12.[CH3-].[Y]. The van der Waals surface area contributed by atoms with Crippen molar-refractivity contribution in [1.82, 2.24) is 10.2 Å². The summed E-state index contributed by atoms with van der Waals surface area (Å²) in [4.78, 5) is 10.9. The maximum Gasteiger partial charge on any atom is 0.250 e. The summed E-state index contributed by atoms with van der Waals surface area (Å²) in [6.07, 6.45) is 1.60. The molecule has 1 aromatic heterocycles. The molecule has 0 aliphatic carbocycles. The first kappa shape index (κ1) is 13.3. The van der Waals surface area contributed by atoms with E-state index < -0.39 is 5.91 Å². The summed E-state index contributed by atoms with van der Waals surface area (Å²) in [5.74, 6) is -0.471. The number of nitrogens with zero attached hydrogens (tertiary/aromatic N) is 2. The quantitative estimate of drug-likeness (QED) is 0.772. The number of hydrogen-bond donors (Lipinski definition) is 1. The molecule has 1 aromatic carbocycles. The second-order valence-electron chi connectivity index (χ2n) is 2.45. The Morgan fingerprint density at radius 2 is 2.14 bits per heavy atom. The normalized spacial score (nSPS) is 8.86. The maximum absolute atomic E-state index is 10.9. The zero-order chi connectivity index (χ0) is 8.55. The van der Waals surface area contributed by atoms with E-state index in [1.54, 1.807) is 18.3 Å². The average Bonchev–Trinajstić information content (AvgIpc) is 2.49. The van der Waals surface area contributed by atoms with E-state index in [0.29, 0.717) is 11.1 Å². The van der Waals surface area contributed by atoms with Crippen LogP contribution in [0, 0.1) is 7.43 Å². The minimum absolute atomic E-state index is 0. The molecule has 0 saturated carbocycles. The third-order valence-corrected chi connectivity index (χ3v) is 1.69. The molecule has 2 N–H and O–H groups in total. The summed E-state index contributed by atoms with van der Waals surface area (Å²) in [6, 6.07) is 5.23.